The lowest BCUT2D eigenvalue weighted by Gasteiger charge is -2.11. The monoisotopic (exact) mass is 570 g/mol. The fourth-order valence-corrected chi connectivity index (χ4v) is 5.10. The first-order valence-corrected chi connectivity index (χ1v) is 15.3. The van der Waals surface area contributed by atoms with Gasteiger partial charge < -0.3 is 31.9 Å². The Kier molecular flexibility index (Phi) is 12.1. The fraction of sp³-hybridized carbons (Fsp3) is 0.438. The minimum Gasteiger partial charge on any atom is -0.314 e. The van der Waals surface area contributed by atoms with Crippen molar-refractivity contribution in [3.8, 4) is 0 Å². The summed E-state index contributed by atoms with van der Waals surface area (Å²) in [6.45, 7) is 11.9. The highest BCUT2D eigenvalue weighted by Gasteiger charge is 2.10. The van der Waals surface area contributed by atoms with Gasteiger partial charge in [0.25, 0.3) is 0 Å². The molecule has 4 bridgehead atoms. The van der Waals surface area contributed by atoms with Crippen molar-refractivity contribution in [2.24, 2.45) is 0 Å². The molecule has 0 amide bonds. The number of hydrogen-bond donors (Lipinski definition) is 6. The van der Waals surface area contributed by atoms with Crippen molar-refractivity contribution in [1.29, 1.82) is 0 Å². The van der Waals surface area contributed by atoms with E-state index in [9.17, 15) is 0 Å². The predicted molar refractivity (Wildman–Crippen MR) is 168 cm³/mol. The molecule has 2 aromatic heterocycles. The van der Waals surface area contributed by atoms with Gasteiger partial charge in [0, 0.05) is 78.5 Å². The van der Waals surface area contributed by atoms with Crippen LogP contribution in [0.1, 0.15) is 33.9 Å². The van der Waals surface area contributed by atoms with Gasteiger partial charge in [-0.15, -0.1) is 0 Å². The molecule has 0 saturated heterocycles. The van der Waals surface area contributed by atoms with Crippen LogP contribution in [-0.4, -0.2) is 71.9 Å². The largest absolute Gasteiger partial charge is 0.314 e. The van der Waals surface area contributed by atoms with E-state index in [4.69, 9.17) is 10.2 Å². The quantitative estimate of drug-likeness (QED) is 0.219. The second kappa shape index (κ2) is 16.9. The molecule has 1 aliphatic rings. The molecule has 10 heteroatoms. The molecule has 0 atom stereocenters. The highest BCUT2D eigenvalue weighted by Crippen LogP contribution is 2.10. The highest BCUT2D eigenvalue weighted by molar-refractivity contribution is 5.19. The maximum absolute atomic E-state index is 4.92. The molecule has 5 rings (SSSR count). The zero-order chi connectivity index (χ0) is 28.7. The van der Waals surface area contributed by atoms with E-state index in [0.29, 0.717) is 0 Å². The third kappa shape index (κ3) is 9.87. The molecule has 224 valence electrons. The van der Waals surface area contributed by atoms with Gasteiger partial charge in [0.15, 0.2) is 0 Å². The second-order valence-electron chi connectivity index (χ2n) is 10.7. The zero-order valence-electron chi connectivity index (χ0n) is 24.6. The normalized spacial score (nSPS) is 17.0. The minimum atomic E-state index is 0.761. The van der Waals surface area contributed by atoms with Crippen LogP contribution < -0.4 is 31.9 Å². The third-order valence-corrected chi connectivity index (χ3v) is 7.32. The van der Waals surface area contributed by atoms with Crippen molar-refractivity contribution >= 4 is 0 Å². The van der Waals surface area contributed by atoms with E-state index in [1.165, 1.54) is 22.5 Å². The average Bonchev–Trinajstić information content (AvgIpc) is 3.58. The summed E-state index contributed by atoms with van der Waals surface area (Å²) in [5, 5.41) is 31.2. The molecule has 4 aromatic rings. The Morgan fingerprint density at radius 1 is 0.452 bits per heavy atom. The molecule has 0 radical (unpaired) electrons. The Morgan fingerprint density at radius 3 is 1.21 bits per heavy atom. The molecule has 0 unspecified atom stereocenters. The van der Waals surface area contributed by atoms with Crippen molar-refractivity contribution in [2.45, 2.75) is 39.3 Å². The van der Waals surface area contributed by atoms with Gasteiger partial charge in [-0.05, 0) is 23.3 Å². The van der Waals surface area contributed by atoms with E-state index in [1.54, 1.807) is 0 Å². The molecule has 2 aromatic carbocycles. The predicted octanol–water partition coefficient (Wildman–Crippen LogP) is 1.43. The number of hydrogen-bond acceptors (Lipinski definition) is 8. The summed E-state index contributed by atoms with van der Waals surface area (Å²) in [6.07, 6.45) is 0. The number of fused-ring (bicyclic) bond motifs is 4. The topological polar surface area (TPSA) is 108 Å². The SMILES string of the molecule is c1ccc(Cn2nc3cc2CNCCNCCNCc2cc(nn2Cc2ccccc2)CNCCNCCNC3)cc1. The number of nitrogens with zero attached hydrogens (tertiary/aromatic N) is 4. The lowest BCUT2D eigenvalue weighted by Crippen LogP contribution is -2.33. The minimum absolute atomic E-state index is 0.761. The Morgan fingerprint density at radius 2 is 0.810 bits per heavy atom. The first-order chi connectivity index (χ1) is 20.8. The molecule has 42 heavy (non-hydrogen) atoms. The molecule has 0 saturated carbocycles. The van der Waals surface area contributed by atoms with Crippen molar-refractivity contribution < 1.29 is 0 Å². The van der Waals surface area contributed by atoms with Crippen LogP contribution in [0.4, 0.5) is 0 Å². The van der Waals surface area contributed by atoms with Crippen molar-refractivity contribution in [3.63, 3.8) is 0 Å². The van der Waals surface area contributed by atoms with Gasteiger partial charge in [-0.2, -0.15) is 10.2 Å². The average molecular weight is 571 g/mol. The van der Waals surface area contributed by atoms with Crippen LogP contribution in [0, 0.1) is 0 Å². The molecule has 3 heterocycles. The van der Waals surface area contributed by atoms with Crippen LogP contribution in [0.3, 0.4) is 0 Å². The van der Waals surface area contributed by atoms with Crippen LogP contribution in [0.5, 0.6) is 0 Å². The van der Waals surface area contributed by atoms with Crippen molar-refractivity contribution in [2.75, 3.05) is 52.4 Å². The van der Waals surface area contributed by atoms with E-state index in [-0.39, 0.29) is 0 Å². The Bertz CT molecular complexity index is 1200. The number of benzene rings is 2. The first kappa shape index (κ1) is 30.1. The molecule has 6 N–H and O–H groups in total. The molecule has 0 spiro atoms. The zero-order valence-corrected chi connectivity index (χ0v) is 24.6. The van der Waals surface area contributed by atoms with Gasteiger partial charge in [-0.1, -0.05) is 60.7 Å². The van der Waals surface area contributed by atoms with E-state index >= 15 is 0 Å². The van der Waals surface area contributed by atoms with Crippen LogP contribution in [0.2, 0.25) is 0 Å². The van der Waals surface area contributed by atoms with Gasteiger partial charge in [0.2, 0.25) is 0 Å². The van der Waals surface area contributed by atoms with E-state index < -0.39 is 0 Å². The van der Waals surface area contributed by atoms with Gasteiger partial charge in [0.05, 0.1) is 35.9 Å². The summed E-state index contributed by atoms with van der Waals surface area (Å²) in [6, 6.07) is 25.5. The van der Waals surface area contributed by atoms with E-state index in [0.717, 1.165) is 103 Å². The maximum atomic E-state index is 4.92. The van der Waals surface area contributed by atoms with E-state index in [2.05, 4.69) is 114 Å². The number of rotatable bonds is 4. The molecule has 0 aliphatic carbocycles. The highest BCUT2D eigenvalue weighted by atomic mass is 15.3. The maximum Gasteiger partial charge on any atom is 0.0766 e. The lowest BCUT2D eigenvalue weighted by molar-refractivity contribution is 0.544. The fourth-order valence-electron chi connectivity index (χ4n) is 5.10. The second-order valence-corrected chi connectivity index (χ2v) is 10.7. The van der Waals surface area contributed by atoms with Crippen molar-refractivity contribution in [1.82, 2.24) is 51.5 Å². The van der Waals surface area contributed by atoms with Gasteiger partial charge in [-0.25, -0.2) is 0 Å². The lowest BCUT2D eigenvalue weighted by atomic mass is 10.2. The van der Waals surface area contributed by atoms with Gasteiger partial charge in [0.1, 0.15) is 0 Å². The molecular weight excluding hydrogens is 524 g/mol. The Labute approximate surface area is 249 Å². The molecule has 1 aliphatic heterocycles. The van der Waals surface area contributed by atoms with Crippen LogP contribution >= 0.6 is 0 Å². The van der Waals surface area contributed by atoms with Gasteiger partial charge >= 0.3 is 0 Å². The first-order valence-electron chi connectivity index (χ1n) is 15.3. The van der Waals surface area contributed by atoms with Crippen molar-refractivity contribution in [3.05, 3.63) is 107 Å². The Balaban J connectivity index is 1.15. The molecule has 0 fully saturated rings. The number of aromatic nitrogens is 4. The third-order valence-electron chi connectivity index (χ3n) is 7.32. The summed E-state index contributed by atoms with van der Waals surface area (Å²) in [7, 11) is 0. The van der Waals surface area contributed by atoms with Gasteiger partial charge in [-0.3, -0.25) is 9.36 Å². The summed E-state index contributed by atoms with van der Waals surface area (Å²) >= 11 is 0. The summed E-state index contributed by atoms with van der Waals surface area (Å²) in [4.78, 5) is 0. The van der Waals surface area contributed by atoms with Crippen LogP contribution in [0.15, 0.2) is 72.8 Å². The van der Waals surface area contributed by atoms with Crippen LogP contribution in [-0.2, 0) is 39.3 Å². The number of nitrogens with one attached hydrogen (secondary N) is 6. The molecular formula is C32H46N10. The Hall–Kier alpha value is -3.38. The van der Waals surface area contributed by atoms with E-state index in [1.807, 2.05) is 0 Å². The summed E-state index contributed by atoms with van der Waals surface area (Å²) in [5.74, 6) is 0. The smallest absolute Gasteiger partial charge is 0.0766 e. The standard InChI is InChI=1S/C32H46N10/c1-3-7-27(8-4-1)25-41-31-19-29(39-41)21-35-15-11-33-12-16-36-22-30-20-32(24-38-18-14-34-13-17-37-23-31)42(40-30)26-28-9-5-2-6-10-28/h1-10,19-20,33-38H,11-18,21-26H2. The summed E-state index contributed by atoms with van der Waals surface area (Å²) in [5.41, 5.74) is 7.10. The van der Waals surface area contributed by atoms with Crippen LogP contribution in [0.25, 0.3) is 0 Å². The summed E-state index contributed by atoms with van der Waals surface area (Å²) < 4.78 is 4.27. The molecule has 10 nitrogen and oxygen atoms in total.